The Kier molecular flexibility index (Phi) is 3.04. The minimum atomic E-state index is -0.142. The van der Waals surface area contributed by atoms with Gasteiger partial charge in [-0.05, 0) is 29.3 Å². The van der Waals surface area contributed by atoms with Crippen molar-refractivity contribution in [3.63, 3.8) is 0 Å². The van der Waals surface area contributed by atoms with Crippen LogP contribution in [0.5, 0.6) is 5.88 Å². The molecule has 0 radical (unpaired) electrons. The molecule has 2 aromatic rings. The lowest BCUT2D eigenvalue weighted by molar-refractivity contribution is 0.460. The average Bonchev–Trinajstić information content (AvgIpc) is 2.65. The first-order valence-corrected chi connectivity index (χ1v) is 5.20. The fourth-order valence-corrected chi connectivity index (χ4v) is 2.32. The minimum Gasteiger partial charge on any atom is -0.493 e. The topological polar surface area (TPSA) is 77.5 Å². The highest BCUT2D eigenvalue weighted by Crippen LogP contribution is 2.37. The molecule has 0 saturated heterocycles. The van der Waals surface area contributed by atoms with Crippen LogP contribution in [0.25, 0.3) is 10.9 Å². The van der Waals surface area contributed by atoms with Gasteiger partial charge in [0, 0.05) is 11.9 Å². The van der Waals surface area contributed by atoms with Crippen LogP contribution in [0, 0.1) is 4.91 Å². The Morgan fingerprint density at radius 2 is 2.18 bits per heavy atom. The Morgan fingerprint density at radius 1 is 1.35 bits per heavy atom. The zero-order chi connectivity index (χ0) is 11.1. The summed E-state index contributed by atoms with van der Waals surface area (Å²) in [7, 11) is 0. The maximum Gasteiger partial charge on any atom is 0.219 e. The number of fused-ring (bicyclic) bond motifs is 3. The van der Waals surface area contributed by atoms with Gasteiger partial charge in [0.1, 0.15) is 0 Å². The molecule has 1 aliphatic heterocycles. The van der Waals surface area contributed by atoms with Crippen molar-refractivity contribution < 1.29 is 5.11 Å². The lowest BCUT2D eigenvalue weighted by Gasteiger charge is -2.17. The van der Waals surface area contributed by atoms with Gasteiger partial charge < -0.3 is 15.4 Å². The maximum atomic E-state index is 10.6. The van der Waals surface area contributed by atoms with E-state index in [1.807, 2.05) is 12.1 Å². The van der Waals surface area contributed by atoms with E-state index in [0.29, 0.717) is 5.39 Å². The van der Waals surface area contributed by atoms with Crippen LogP contribution in [0.2, 0.25) is 0 Å². The SMILES string of the molecule is Cl.O=Nc1c(O)[nH]c2c3c(ccc12)CNCC3. The summed E-state index contributed by atoms with van der Waals surface area (Å²) in [5, 5.41) is 16.4. The van der Waals surface area contributed by atoms with E-state index in [9.17, 15) is 10.0 Å². The summed E-state index contributed by atoms with van der Waals surface area (Å²) in [6.07, 6.45) is 0.894. The highest BCUT2D eigenvalue weighted by atomic mass is 35.5. The van der Waals surface area contributed by atoms with E-state index in [1.54, 1.807) is 0 Å². The monoisotopic (exact) mass is 253 g/mol. The summed E-state index contributed by atoms with van der Waals surface area (Å²) >= 11 is 0. The highest BCUT2D eigenvalue weighted by Gasteiger charge is 2.18. The van der Waals surface area contributed by atoms with Crippen LogP contribution in [-0.2, 0) is 13.0 Å². The molecule has 0 atom stereocenters. The van der Waals surface area contributed by atoms with E-state index in [1.165, 1.54) is 11.1 Å². The summed E-state index contributed by atoms with van der Waals surface area (Å²) in [5.74, 6) is -0.142. The number of rotatable bonds is 1. The average molecular weight is 254 g/mol. The van der Waals surface area contributed by atoms with Gasteiger partial charge in [-0.15, -0.1) is 17.3 Å². The van der Waals surface area contributed by atoms with E-state index in [-0.39, 0.29) is 24.0 Å². The molecule has 0 saturated carbocycles. The number of hydrogen-bond acceptors (Lipinski definition) is 4. The molecule has 90 valence electrons. The molecule has 1 aliphatic rings. The van der Waals surface area contributed by atoms with Crippen LogP contribution in [0.3, 0.4) is 0 Å². The van der Waals surface area contributed by atoms with Crippen molar-refractivity contribution in [1.29, 1.82) is 0 Å². The highest BCUT2D eigenvalue weighted by molar-refractivity contribution is 5.96. The van der Waals surface area contributed by atoms with Crippen molar-refractivity contribution in [1.82, 2.24) is 10.3 Å². The molecule has 5 nitrogen and oxygen atoms in total. The second-order valence-electron chi connectivity index (χ2n) is 3.97. The molecule has 6 heteroatoms. The molecule has 0 fully saturated rings. The number of hydrogen-bond donors (Lipinski definition) is 3. The van der Waals surface area contributed by atoms with Gasteiger partial charge in [-0.3, -0.25) is 0 Å². The maximum absolute atomic E-state index is 10.6. The summed E-state index contributed by atoms with van der Waals surface area (Å²) in [4.78, 5) is 13.5. The number of nitroso groups, excluding NO2 is 1. The van der Waals surface area contributed by atoms with E-state index < -0.39 is 0 Å². The Morgan fingerprint density at radius 3 is 2.94 bits per heavy atom. The normalized spacial score (nSPS) is 14.1. The van der Waals surface area contributed by atoms with Crippen molar-refractivity contribution in [2.75, 3.05) is 6.54 Å². The van der Waals surface area contributed by atoms with Crippen LogP contribution in [-0.4, -0.2) is 16.6 Å². The summed E-state index contributed by atoms with van der Waals surface area (Å²) in [6, 6.07) is 3.81. The second kappa shape index (κ2) is 4.35. The van der Waals surface area contributed by atoms with Gasteiger partial charge >= 0.3 is 0 Å². The van der Waals surface area contributed by atoms with Crippen molar-refractivity contribution >= 4 is 29.0 Å². The smallest absolute Gasteiger partial charge is 0.219 e. The Balaban J connectivity index is 0.00000108. The molecule has 2 heterocycles. The third kappa shape index (κ3) is 1.67. The van der Waals surface area contributed by atoms with E-state index in [0.717, 1.165) is 25.0 Å². The predicted molar refractivity (Wildman–Crippen MR) is 68.1 cm³/mol. The third-order valence-corrected chi connectivity index (χ3v) is 3.09. The number of aromatic nitrogens is 1. The molecule has 0 bridgehead atoms. The fraction of sp³-hybridized carbons (Fsp3) is 0.273. The molecule has 3 N–H and O–H groups in total. The van der Waals surface area contributed by atoms with Gasteiger partial charge in [0.05, 0.1) is 5.52 Å². The Labute approximate surface area is 104 Å². The summed E-state index contributed by atoms with van der Waals surface area (Å²) in [5.41, 5.74) is 3.32. The first-order valence-electron chi connectivity index (χ1n) is 5.20. The van der Waals surface area contributed by atoms with Crippen LogP contribution < -0.4 is 5.32 Å². The van der Waals surface area contributed by atoms with Crippen molar-refractivity contribution in [2.45, 2.75) is 13.0 Å². The first-order chi connectivity index (χ1) is 7.81. The second-order valence-corrected chi connectivity index (χ2v) is 3.97. The van der Waals surface area contributed by atoms with Crippen molar-refractivity contribution in [3.8, 4) is 5.88 Å². The third-order valence-electron chi connectivity index (χ3n) is 3.09. The number of nitrogens with one attached hydrogen (secondary N) is 2. The molecule has 3 rings (SSSR count). The van der Waals surface area contributed by atoms with Gasteiger partial charge in [-0.1, -0.05) is 12.1 Å². The summed E-state index contributed by atoms with van der Waals surface area (Å²) in [6.45, 7) is 1.74. The van der Waals surface area contributed by atoms with Gasteiger partial charge in [0.25, 0.3) is 0 Å². The minimum absolute atomic E-state index is 0. The Bertz CT molecular complexity index is 580. The number of benzene rings is 1. The van der Waals surface area contributed by atoms with E-state index in [4.69, 9.17) is 0 Å². The zero-order valence-electron chi connectivity index (χ0n) is 8.99. The molecular weight excluding hydrogens is 242 g/mol. The number of aromatic amines is 1. The number of H-pyrrole nitrogens is 1. The van der Waals surface area contributed by atoms with Gasteiger partial charge in [-0.2, -0.15) is 0 Å². The number of halogens is 1. The van der Waals surface area contributed by atoms with Crippen molar-refractivity contribution in [2.24, 2.45) is 5.18 Å². The number of aromatic hydroxyl groups is 1. The quantitative estimate of drug-likeness (QED) is 0.683. The van der Waals surface area contributed by atoms with Gasteiger partial charge in [0.15, 0.2) is 5.69 Å². The van der Waals surface area contributed by atoms with Crippen molar-refractivity contribution in [3.05, 3.63) is 28.2 Å². The van der Waals surface area contributed by atoms with Gasteiger partial charge in [-0.25, -0.2) is 0 Å². The van der Waals surface area contributed by atoms with Gasteiger partial charge in [0.2, 0.25) is 5.88 Å². The number of nitrogens with zero attached hydrogens (tertiary/aromatic N) is 1. The van der Waals surface area contributed by atoms with Crippen LogP contribution in [0.4, 0.5) is 5.69 Å². The standard InChI is InChI=1S/C11H11N3O2.ClH/c15-11-10(14-16)8-2-1-6-5-12-4-3-7(6)9(8)13-11;/h1-2,12-13,15H,3-5H2;1H. The molecule has 0 amide bonds. The lowest BCUT2D eigenvalue weighted by atomic mass is 9.98. The van der Waals surface area contributed by atoms with Crippen LogP contribution >= 0.6 is 12.4 Å². The largest absolute Gasteiger partial charge is 0.493 e. The summed E-state index contributed by atoms with van der Waals surface area (Å²) < 4.78 is 0. The molecule has 0 spiro atoms. The molecule has 0 aliphatic carbocycles. The Hall–Kier alpha value is -1.59. The molecule has 17 heavy (non-hydrogen) atoms. The molecule has 0 unspecified atom stereocenters. The van der Waals surface area contributed by atoms with E-state index >= 15 is 0 Å². The molecule has 1 aromatic carbocycles. The van der Waals surface area contributed by atoms with Crippen LogP contribution in [0.1, 0.15) is 11.1 Å². The van der Waals surface area contributed by atoms with Crippen LogP contribution in [0.15, 0.2) is 17.3 Å². The lowest BCUT2D eigenvalue weighted by Crippen LogP contribution is -2.23. The fourth-order valence-electron chi connectivity index (χ4n) is 2.32. The molecule has 1 aromatic heterocycles. The first kappa shape index (κ1) is 11.9. The van der Waals surface area contributed by atoms with E-state index in [2.05, 4.69) is 15.5 Å². The zero-order valence-corrected chi connectivity index (χ0v) is 9.80. The predicted octanol–water partition coefficient (Wildman–Crippen LogP) is 2.34. The molecular formula is C11H12ClN3O2.